The number of hydrogen-bond donors (Lipinski definition) is 1. The summed E-state index contributed by atoms with van der Waals surface area (Å²) in [6.07, 6.45) is 7.66. The molecule has 0 aromatic heterocycles. The molecule has 1 fully saturated rings. The van der Waals surface area contributed by atoms with Crippen molar-refractivity contribution in [3.63, 3.8) is 0 Å². The zero-order valence-corrected chi connectivity index (χ0v) is 16.4. The van der Waals surface area contributed by atoms with Gasteiger partial charge < -0.3 is 5.32 Å². The molecule has 1 aliphatic carbocycles. The van der Waals surface area contributed by atoms with Crippen molar-refractivity contribution in [1.82, 2.24) is 9.62 Å². The average molecular weight is 385 g/mol. The van der Waals surface area contributed by atoms with Crippen molar-refractivity contribution >= 4 is 27.7 Å². The second-order valence-corrected chi connectivity index (χ2v) is 9.89. The van der Waals surface area contributed by atoms with E-state index in [1.54, 1.807) is 0 Å². The van der Waals surface area contributed by atoms with Crippen molar-refractivity contribution in [3.8, 4) is 0 Å². The molecule has 0 unspecified atom stereocenters. The van der Waals surface area contributed by atoms with Crippen molar-refractivity contribution in [2.45, 2.75) is 43.9 Å². The standard InChI is InChI=1S/C18H28N2O3S2/c1-25(22,23)20(14-16-8-4-2-5-9-16)15-18(21)19-12-13-24-17-10-6-3-7-11-17/h2,4-5,8-9,17H,3,6-7,10-15H2,1H3,(H,19,21). The summed E-state index contributed by atoms with van der Waals surface area (Å²) in [5, 5.41) is 3.56. The second kappa shape index (κ2) is 10.2. The summed E-state index contributed by atoms with van der Waals surface area (Å²) in [5.74, 6) is 0.638. The zero-order valence-electron chi connectivity index (χ0n) is 14.8. The van der Waals surface area contributed by atoms with Crippen LogP contribution in [0.25, 0.3) is 0 Å². The lowest BCUT2D eigenvalue weighted by atomic mass is 10.0. The van der Waals surface area contributed by atoms with E-state index in [9.17, 15) is 13.2 Å². The number of amides is 1. The van der Waals surface area contributed by atoms with Crippen LogP contribution in [0.5, 0.6) is 0 Å². The van der Waals surface area contributed by atoms with Crippen molar-refractivity contribution in [3.05, 3.63) is 35.9 Å². The molecule has 1 amide bonds. The number of benzene rings is 1. The van der Waals surface area contributed by atoms with E-state index in [2.05, 4.69) is 5.32 Å². The first-order valence-corrected chi connectivity index (χ1v) is 11.7. The van der Waals surface area contributed by atoms with Crippen LogP contribution >= 0.6 is 11.8 Å². The molecule has 1 saturated carbocycles. The van der Waals surface area contributed by atoms with Crippen molar-refractivity contribution in [2.75, 3.05) is 25.1 Å². The van der Waals surface area contributed by atoms with Crippen LogP contribution in [0.3, 0.4) is 0 Å². The molecule has 1 aliphatic rings. The summed E-state index contributed by atoms with van der Waals surface area (Å²) in [7, 11) is -3.44. The lowest BCUT2D eigenvalue weighted by Crippen LogP contribution is -2.40. The van der Waals surface area contributed by atoms with Gasteiger partial charge in [0.25, 0.3) is 0 Å². The Morgan fingerprint density at radius 3 is 2.52 bits per heavy atom. The molecular formula is C18H28N2O3S2. The molecule has 0 bridgehead atoms. The van der Waals surface area contributed by atoms with E-state index in [1.165, 1.54) is 36.4 Å². The molecule has 0 atom stereocenters. The lowest BCUT2D eigenvalue weighted by Gasteiger charge is -2.21. The van der Waals surface area contributed by atoms with Gasteiger partial charge in [-0.3, -0.25) is 4.79 Å². The van der Waals surface area contributed by atoms with Gasteiger partial charge in [-0.2, -0.15) is 16.1 Å². The van der Waals surface area contributed by atoms with Gasteiger partial charge in [-0.05, 0) is 18.4 Å². The number of thioether (sulfide) groups is 1. The number of nitrogens with one attached hydrogen (secondary N) is 1. The SMILES string of the molecule is CS(=O)(=O)N(CC(=O)NCCSC1CCCCC1)Cc1ccccc1. The Balaban J connectivity index is 1.75. The number of sulfonamides is 1. The minimum absolute atomic E-state index is 0.137. The van der Waals surface area contributed by atoms with Crippen molar-refractivity contribution < 1.29 is 13.2 Å². The highest BCUT2D eigenvalue weighted by molar-refractivity contribution is 7.99. The van der Waals surface area contributed by atoms with E-state index in [-0.39, 0.29) is 19.0 Å². The van der Waals surface area contributed by atoms with Crippen LogP contribution in [0, 0.1) is 0 Å². The largest absolute Gasteiger partial charge is 0.354 e. The molecule has 0 radical (unpaired) electrons. The van der Waals surface area contributed by atoms with Gasteiger partial charge in [0, 0.05) is 24.1 Å². The monoisotopic (exact) mass is 384 g/mol. The minimum atomic E-state index is -3.44. The third-order valence-electron chi connectivity index (χ3n) is 4.32. The summed E-state index contributed by atoms with van der Waals surface area (Å²) in [6.45, 7) is 0.661. The molecule has 1 aromatic carbocycles. The lowest BCUT2D eigenvalue weighted by molar-refractivity contribution is -0.121. The number of rotatable bonds is 9. The van der Waals surface area contributed by atoms with Crippen LogP contribution in [0.15, 0.2) is 30.3 Å². The van der Waals surface area contributed by atoms with Crippen LogP contribution in [-0.4, -0.2) is 49.0 Å². The third-order valence-corrected chi connectivity index (χ3v) is 6.90. The van der Waals surface area contributed by atoms with Gasteiger partial charge in [-0.25, -0.2) is 8.42 Å². The van der Waals surface area contributed by atoms with Gasteiger partial charge in [0.05, 0.1) is 12.8 Å². The van der Waals surface area contributed by atoms with Crippen LogP contribution in [0.2, 0.25) is 0 Å². The normalized spacial score (nSPS) is 16.1. The predicted octanol–water partition coefficient (Wildman–Crippen LogP) is 2.63. The van der Waals surface area contributed by atoms with Crippen LogP contribution in [0.4, 0.5) is 0 Å². The summed E-state index contributed by atoms with van der Waals surface area (Å²) in [6, 6.07) is 9.31. The molecule has 2 rings (SSSR count). The zero-order chi connectivity index (χ0) is 18.1. The summed E-state index contributed by atoms with van der Waals surface area (Å²) >= 11 is 1.92. The summed E-state index contributed by atoms with van der Waals surface area (Å²) in [4.78, 5) is 12.1. The first kappa shape index (κ1) is 20.3. The Morgan fingerprint density at radius 1 is 1.20 bits per heavy atom. The predicted molar refractivity (Wildman–Crippen MR) is 104 cm³/mol. The number of carbonyl (C=O) groups excluding carboxylic acids is 1. The number of carbonyl (C=O) groups is 1. The van der Waals surface area contributed by atoms with Gasteiger partial charge in [-0.15, -0.1) is 0 Å². The Bertz CT molecular complexity index is 629. The van der Waals surface area contributed by atoms with E-state index in [0.717, 1.165) is 22.8 Å². The molecule has 0 saturated heterocycles. The van der Waals surface area contributed by atoms with Gasteiger partial charge in [0.1, 0.15) is 0 Å². The summed E-state index contributed by atoms with van der Waals surface area (Å²) in [5.41, 5.74) is 0.869. The van der Waals surface area contributed by atoms with Crippen molar-refractivity contribution in [2.24, 2.45) is 0 Å². The second-order valence-electron chi connectivity index (χ2n) is 6.50. The highest BCUT2D eigenvalue weighted by Gasteiger charge is 2.20. The van der Waals surface area contributed by atoms with E-state index in [4.69, 9.17) is 0 Å². The molecule has 1 N–H and O–H groups in total. The Kier molecular flexibility index (Phi) is 8.26. The van der Waals surface area contributed by atoms with E-state index >= 15 is 0 Å². The maximum atomic E-state index is 12.1. The smallest absolute Gasteiger partial charge is 0.235 e. The van der Waals surface area contributed by atoms with Crippen molar-refractivity contribution in [1.29, 1.82) is 0 Å². The molecule has 7 heteroatoms. The highest BCUT2D eigenvalue weighted by Crippen LogP contribution is 2.27. The first-order chi connectivity index (χ1) is 11.9. The number of hydrogen-bond acceptors (Lipinski definition) is 4. The average Bonchev–Trinajstić information content (AvgIpc) is 2.59. The first-order valence-electron chi connectivity index (χ1n) is 8.82. The highest BCUT2D eigenvalue weighted by atomic mass is 32.2. The van der Waals surface area contributed by atoms with E-state index < -0.39 is 10.0 Å². The molecule has 0 aliphatic heterocycles. The molecule has 25 heavy (non-hydrogen) atoms. The molecular weight excluding hydrogens is 356 g/mol. The Hall–Kier alpha value is -1.05. The van der Waals surface area contributed by atoms with Crippen LogP contribution in [-0.2, 0) is 21.4 Å². The van der Waals surface area contributed by atoms with Gasteiger partial charge >= 0.3 is 0 Å². The van der Waals surface area contributed by atoms with E-state index in [1.807, 2.05) is 42.1 Å². The summed E-state index contributed by atoms with van der Waals surface area (Å²) < 4.78 is 25.1. The topological polar surface area (TPSA) is 66.5 Å². The fourth-order valence-electron chi connectivity index (χ4n) is 2.94. The molecule has 1 aromatic rings. The van der Waals surface area contributed by atoms with Gasteiger partial charge in [-0.1, -0.05) is 49.6 Å². The number of nitrogens with zero attached hydrogens (tertiary/aromatic N) is 1. The Morgan fingerprint density at radius 2 is 1.88 bits per heavy atom. The van der Waals surface area contributed by atoms with Crippen LogP contribution in [0.1, 0.15) is 37.7 Å². The molecule has 5 nitrogen and oxygen atoms in total. The molecule has 0 heterocycles. The fraction of sp³-hybridized carbons (Fsp3) is 0.611. The van der Waals surface area contributed by atoms with E-state index in [0.29, 0.717) is 6.54 Å². The fourth-order valence-corrected chi connectivity index (χ4v) is 4.90. The Labute approximate surface area is 155 Å². The van der Waals surface area contributed by atoms with Gasteiger partial charge in [0.2, 0.25) is 15.9 Å². The minimum Gasteiger partial charge on any atom is -0.354 e. The third kappa shape index (κ3) is 7.79. The quantitative estimate of drug-likeness (QED) is 0.665. The maximum Gasteiger partial charge on any atom is 0.235 e. The maximum absolute atomic E-state index is 12.1. The molecule has 0 spiro atoms. The van der Waals surface area contributed by atoms with Gasteiger partial charge in [0.15, 0.2) is 0 Å². The van der Waals surface area contributed by atoms with Crippen LogP contribution < -0.4 is 5.32 Å². The molecule has 140 valence electrons.